The summed E-state index contributed by atoms with van der Waals surface area (Å²) in [4.78, 5) is 0. The molecule has 0 aliphatic heterocycles. The van der Waals surface area contributed by atoms with Crippen molar-refractivity contribution in [1.82, 2.24) is 4.72 Å². The average molecular weight is 307 g/mol. The highest BCUT2D eigenvalue weighted by atomic mass is 127. The van der Waals surface area contributed by atoms with Gasteiger partial charge in [-0.3, -0.25) is 0 Å². The minimum absolute atomic E-state index is 0.351. The molecular formula is C6H14INO3S. The van der Waals surface area contributed by atoms with Gasteiger partial charge in [0.05, 0.1) is 16.5 Å². The number of rotatable bonds is 6. The third-order valence-corrected chi connectivity index (χ3v) is 3.54. The zero-order valence-corrected chi connectivity index (χ0v) is 10.2. The summed E-state index contributed by atoms with van der Waals surface area (Å²) in [7, 11) is -3.11. The van der Waals surface area contributed by atoms with E-state index in [4.69, 9.17) is 4.74 Å². The molecule has 4 nitrogen and oxygen atoms in total. The highest BCUT2D eigenvalue weighted by Crippen LogP contribution is 1.94. The van der Waals surface area contributed by atoms with Crippen LogP contribution in [0, 0.1) is 0 Å². The molecule has 0 fully saturated rings. The van der Waals surface area contributed by atoms with Gasteiger partial charge in [-0.2, -0.15) is 0 Å². The van der Waals surface area contributed by atoms with Gasteiger partial charge in [-0.15, -0.1) is 0 Å². The maximum Gasteiger partial charge on any atom is 0.214 e. The van der Waals surface area contributed by atoms with Gasteiger partial charge in [-0.25, -0.2) is 13.1 Å². The van der Waals surface area contributed by atoms with Crippen LogP contribution in [0.5, 0.6) is 0 Å². The van der Waals surface area contributed by atoms with Crippen LogP contribution < -0.4 is 4.72 Å². The molecule has 0 aromatic heterocycles. The Morgan fingerprint density at radius 1 is 1.50 bits per heavy atom. The van der Waals surface area contributed by atoms with Gasteiger partial charge < -0.3 is 4.74 Å². The Bertz CT molecular complexity index is 203. The van der Waals surface area contributed by atoms with Crippen molar-refractivity contribution in [3.8, 4) is 0 Å². The number of alkyl halides is 1. The van der Waals surface area contributed by atoms with Crippen LogP contribution in [0.25, 0.3) is 0 Å². The van der Waals surface area contributed by atoms with Crippen LogP contribution in [0.1, 0.15) is 13.8 Å². The van der Waals surface area contributed by atoms with Gasteiger partial charge in [-0.05, 0) is 13.8 Å². The van der Waals surface area contributed by atoms with Crippen LogP contribution in [0.15, 0.2) is 0 Å². The fraction of sp³-hybridized carbons (Fsp3) is 1.00. The van der Waals surface area contributed by atoms with E-state index >= 15 is 0 Å². The SMILES string of the molecule is CC(C)S(=O)(=O)NCCOCI. The number of halogens is 1. The van der Waals surface area contributed by atoms with Crippen LogP contribution in [-0.2, 0) is 14.8 Å². The summed E-state index contributed by atoms with van der Waals surface area (Å²) in [5, 5.41) is -0.378. The monoisotopic (exact) mass is 307 g/mol. The Morgan fingerprint density at radius 2 is 2.08 bits per heavy atom. The van der Waals surface area contributed by atoms with Crippen molar-refractivity contribution in [2.24, 2.45) is 0 Å². The third kappa shape index (κ3) is 5.28. The average Bonchev–Trinajstić information content (AvgIpc) is 1.98. The molecule has 6 heteroatoms. The second-order valence-corrected chi connectivity index (χ2v) is 5.45. The van der Waals surface area contributed by atoms with E-state index in [2.05, 4.69) is 27.3 Å². The molecule has 0 aromatic rings. The number of nitrogens with one attached hydrogen (secondary N) is 1. The number of sulfonamides is 1. The molecular weight excluding hydrogens is 293 g/mol. The summed E-state index contributed by atoms with van der Waals surface area (Å²) >= 11 is 2.06. The first-order valence-corrected chi connectivity index (χ1v) is 6.70. The lowest BCUT2D eigenvalue weighted by molar-refractivity contribution is 0.196. The van der Waals surface area contributed by atoms with E-state index < -0.39 is 10.0 Å². The molecule has 0 unspecified atom stereocenters. The molecule has 74 valence electrons. The van der Waals surface area contributed by atoms with E-state index in [1.165, 1.54) is 0 Å². The Morgan fingerprint density at radius 3 is 2.50 bits per heavy atom. The van der Waals surface area contributed by atoms with Gasteiger partial charge in [0.25, 0.3) is 0 Å². The Labute approximate surface area is 87.2 Å². The zero-order valence-electron chi connectivity index (χ0n) is 7.21. The maximum absolute atomic E-state index is 11.1. The predicted molar refractivity (Wildman–Crippen MR) is 56.9 cm³/mol. The predicted octanol–water partition coefficient (Wildman–Crippen LogP) is 0.723. The van der Waals surface area contributed by atoms with Crippen LogP contribution in [0.3, 0.4) is 0 Å². The molecule has 0 aromatic carbocycles. The second-order valence-electron chi connectivity index (χ2n) is 2.51. The molecule has 1 N–H and O–H groups in total. The van der Waals surface area contributed by atoms with E-state index in [-0.39, 0.29) is 5.25 Å². The number of ether oxygens (including phenoxy) is 1. The minimum atomic E-state index is -3.11. The topological polar surface area (TPSA) is 55.4 Å². The van der Waals surface area contributed by atoms with E-state index in [1.54, 1.807) is 13.8 Å². The number of hydrogen-bond acceptors (Lipinski definition) is 3. The molecule has 0 aliphatic rings. The summed E-state index contributed by atoms with van der Waals surface area (Å²) < 4.78 is 30.2. The molecule has 0 atom stereocenters. The molecule has 0 saturated carbocycles. The summed E-state index contributed by atoms with van der Waals surface area (Å²) in [5.74, 6) is 0. The van der Waals surface area contributed by atoms with Gasteiger partial charge in [-0.1, -0.05) is 22.6 Å². The molecule has 0 aliphatic carbocycles. The molecule has 12 heavy (non-hydrogen) atoms. The molecule has 0 saturated heterocycles. The fourth-order valence-electron chi connectivity index (χ4n) is 0.477. The van der Waals surface area contributed by atoms with Crippen molar-refractivity contribution in [3.63, 3.8) is 0 Å². The van der Waals surface area contributed by atoms with Crippen molar-refractivity contribution in [1.29, 1.82) is 0 Å². The highest BCUT2D eigenvalue weighted by molar-refractivity contribution is 14.1. The van der Waals surface area contributed by atoms with E-state index in [9.17, 15) is 8.42 Å². The quantitative estimate of drug-likeness (QED) is 0.447. The summed E-state index contributed by atoms with van der Waals surface area (Å²) in [6.07, 6.45) is 0. The standard InChI is InChI=1S/C6H14INO3S/c1-6(2)12(9,10)8-3-4-11-5-7/h6,8H,3-5H2,1-2H3. The van der Waals surface area contributed by atoms with Crippen LogP contribution in [0.4, 0.5) is 0 Å². The second kappa shape index (κ2) is 6.11. The van der Waals surface area contributed by atoms with Crippen molar-refractivity contribution in [3.05, 3.63) is 0 Å². The van der Waals surface area contributed by atoms with Crippen LogP contribution in [-0.4, -0.2) is 31.4 Å². The third-order valence-electron chi connectivity index (χ3n) is 1.25. The molecule has 0 amide bonds. The van der Waals surface area contributed by atoms with Crippen molar-refractivity contribution in [2.75, 3.05) is 17.8 Å². The van der Waals surface area contributed by atoms with Crippen LogP contribution in [0.2, 0.25) is 0 Å². The van der Waals surface area contributed by atoms with Crippen molar-refractivity contribution in [2.45, 2.75) is 19.1 Å². The molecule has 0 rings (SSSR count). The summed E-state index contributed by atoms with van der Waals surface area (Å²) in [6.45, 7) is 4.06. The number of hydrogen-bond donors (Lipinski definition) is 1. The molecule has 0 spiro atoms. The maximum atomic E-state index is 11.1. The van der Waals surface area contributed by atoms with Gasteiger partial charge in [0.1, 0.15) is 0 Å². The normalized spacial score (nSPS) is 12.3. The molecule has 0 bridgehead atoms. The Kier molecular flexibility index (Phi) is 6.42. The van der Waals surface area contributed by atoms with Gasteiger partial charge in [0.15, 0.2) is 0 Å². The molecule has 0 radical (unpaired) electrons. The lowest BCUT2D eigenvalue weighted by Crippen LogP contribution is -2.33. The Balaban J connectivity index is 3.63. The van der Waals surface area contributed by atoms with Gasteiger partial charge in [0, 0.05) is 6.54 Å². The van der Waals surface area contributed by atoms with Gasteiger partial charge >= 0.3 is 0 Å². The summed E-state index contributed by atoms with van der Waals surface area (Å²) in [5.41, 5.74) is 0. The smallest absolute Gasteiger partial charge is 0.214 e. The Hall–Kier alpha value is 0.600. The lowest BCUT2D eigenvalue weighted by Gasteiger charge is -2.08. The van der Waals surface area contributed by atoms with Crippen molar-refractivity contribution < 1.29 is 13.2 Å². The first-order chi connectivity index (χ1) is 5.50. The zero-order chi connectivity index (χ0) is 9.61. The first-order valence-electron chi connectivity index (χ1n) is 3.63. The minimum Gasteiger partial charge on any atom is -0.370 e. The molecule has 0 heterocycles. The van der Waals surface area contributed by atoms with Crippen LogP contribution >= 0.6 is 22.6 Å². The van der Waals surface area contributed by atoms with Gasteiger partial charge in [0.2, 0.25) is 10.0 Å². The van der Waals surface area contributed by atoms with E-state index in [1.807, 2.05) is 0 Å². The van der Waals surface area contributed by atoms with E-state index in [0.717, 1.165) is 0 Å². The fourth-order valence-corrected chi connectivity index (χ4v) is 1.49. The summed E-state index contributed by atoms with van der Waals surface area (Å²) in [6, 6.07) is 0. The lowest BCUT2D eigenvalue weighted by atomic mass is 10.6. The van der Waals surface area contributed by atoms with E-state index in [0.29, 0.717) is 17.8 Å². The highest BCUT2D eigenvalue weighted by Gasteiger charge is 2.13. The first kappa shape index (κ1) is 12.6. The largest absolute Gasteiger partial charge is 0.370 e. The van der Waals surface area contributed by atoms with Crippen molar-refractivity contribution >= 4 is 32.6 Å².